The number of carboxylic acids is 1. The summed E-state index contributed by atoms with van der Waals surface area (Å²) in [5.74, 6) is -0.355. The van der Waals surface area contributed by atoms with Gasteiger partial charge in [0.05, 0.1) is 5.69 Å². The van der Waals surface area contributed by atoms with Crippen molar-refractivity contribution >= 4 is 5.97 Å². The third kappa shape index (κ3) is 1.79. The fourth-order valence-electron chi connectivity index (χ4n) is 1.43. The number of aryl methyl sites for hydroxylation is 2. The van der Waals surface area contributed by atoms with Gasteiger partial charge in [-0.2, -0.15) is 5.10 Å². The van der Waals surface area contributed by atoms with Crippen LogP contribution < -0.4 is 0 Å². The van der Waals surface area contributed by atoms with E-state index in [9.17, 15) is 4.79 Å². The number of nitrogens with zero attached hydrogens (tertiary/aromatic N) is 3. The normalized spacial score (nSPS) is 10.4. The van der Waals surface area contributed by atoms with Gasteiger partial charge in [-0.25, -0.2) is 14.5 Å². The van der Waals surface area contributed by atoms with E-state index in [0.717, 1.165) is 5.56 Å². The Labute approximate surface area is 92.4 Å². The van der Waals surface area contributed by atoms with Gasteiger partial charge in [-0.15, -0.1) is 0 Å². The number of rotatable bonds is 2. The lowest BCUT2D eigenvalue weighted by Crippen LogP contribution is -1.98. The first kappa shape index (κ1) is 10.4. The van der Waals surface area contributed by atoms with Crippen LogP contribution in [0.5, 0.6) is 0 Å². The zero-order valence-electron chi connectivity index (χ0n) is 9.01. The van der Waals surface area contributed by atoms with Crippen LogP contribution in [0.1, 0.15) is 21.6 Å². The number of aromatic carboxylic acids is 1. The molecule has 5 heteroatoms. The second kappa shape index (κ2) is 3.77. The van der Waals surface area contributed by atoms with Gasteiger partial charge in [-0.05, 0) is 31.5 Å². The van der Waals surface area contributed by atoms with Gasteiger partial charge in [0, 0.05) is 12.4 Å². The molecule has 5 nitrogen and oxygen atoms in total. The number of pyridine rings is 1. The average molecular weight is 217 g/mol. The standard InChI is InChI=1S/C11H11N3O2/c1-7-3-4-12-10(5-7)14-6-9(11(15)16)8(2)13-14/h3-6H,1-2H3,(H,15,16). The van der Waals surface area contributed by atoms with Gasteiger partial charge in [0.15, 0.2) is 5.82 Å². The summed E-state index contributed by atoms with van der Waals surface area (Å²) in [5.41, 5.74) is 1.73. The van der Waals surface area contributed by atoms with Gasteiger partial charge in [-0.3, -0.25) is 0 Å². The van der Waals surface area contributed by atoms with Gasteiger partial charge >= 0.3 is 5.97 Å². The first-order chi connectivity index (χ1) is 7.58. The Balaban J connectivity index is 2.49. The molecule has 0 fully saturated rings. The van der Waals surface area contributed by atoms with E-state index in [-0.39, 0.29) is 5.56 Å². The molecule has 0 aromatic carbocycles. The summed E-state index contributed by atoms with van der Waals surface area (Å²) in [6, 6.07) is 3.72. The summed E-state index contributed by atoms with van der Waals surface area (Å²) >= 11 is 0. The van der Waals surface area contributed by atoms with Crippen LogP contribution in [0, 0.1) is 13.8 Å². The maximum atomic E-state index is 10.9. The molecule has 0 unspecified atom stereocenters. The Hall–Kier alpha value is -2.17. The van der Waals surface area contributed by atoms with Crippen LogP contribution >= 0.6 is 0 Å². The SMILES string of the molecule is Cc1ccnc(-n2cc(C(=O)O)c(C)n2)c1. The second-order valence-corrected chi connectivity index (χ2v) is 3.57. The second-order valence-electron chi connectivity index (χ2n) is 3.57. The van der Waals surface area contributed by atoms with Gasteiger partial charge in [-0.1, -0.05) is 0 Å². The van der Waals surface area contributed by atoms with Crippen LogP contribution in [0.2, 0.25) is 0 Å². The Morgan fingerprint density at radius 1 is 1.44 bits per heavy atom. The lowest BCUT2D eigenvalue weighted by molar-refractivity contribution is 0.0696. The van der Waals surface area contributed by atoms with Crippen molar-refractivity contribution in [3.8, 4) is 5.82 Å². The van der Waals surface area contributed by atoms with E-state index in [1.807, 2.05) is 19.1 Å². The molecule has 0 saturated heterocycles. The highest BCUT2D eigenvalue weighted by atomic mass is 16.4. The molecule has 0 amide bonds. The van der Waals surface area contributed by atoms with E-state index in [0.29, 0.717) is 11.5 Å². The Bertz CT molecular complexity index is 546. The summed E-state index contributed by atoms with van der Waals surface area (Å²) in [6.07, 6.45) is 3.14. The summed E-state index contributed by atoms with van der Waals surface area (Å²) in [7, 11) is 0. The molecular weight excluding hydrogens is 206 g/mol. The first-order valence-electron chi connectivity index (χ1n) is 4.80. The number of hydrogen-bond acceptors (Lipinski definition) is 3. The van der Waals surface area contributed by atoms with E-state index >= 15 is 0 Å². The number of carbonyl (C=O) groups is 1. The zero-order chi connectivity index (χ0) is 11.7. The molecule has 0 bridgehead atoms. The van der Waals surface area contributed by atoms with Crippen LogP contribution in [-0.4, -0.2) is 25.8 Å². The minimum Gasteiger partial charge on any atom is -0.478 e. The van der Waals surface area contributed by atoms with Crippen molar-refractivity contribution in [2.75, 3.05) is 0 Å². The molecule has 2 aromatic heterocycles. The predicted octanol–water partition coefficient (Wildman–Crippen LogP) is 1.58. The molecule has 0 aliphatic rings. The van der Waals surface area contributed by atoms with Gasteiger partial charge < -0.3 is 5.11 Å². The number of carboxylic acid groups (broad SMARTS) is 1. The van der Waals surface area contributed by atoms with E-state index < -0.39 is 5.97 Å². The van der Waals surface area contributed by atoms with Crippen molar-refractivity contribution in [3.05, 3.63) is 41.3 Å². The van der Waals surface area contributed by atoms with Crippen molar-refractivity contribution < 1.29 is 9.90 Å². The first-order valence-corrected chi connectivity index (χ1v) is 4.80. The fourth-order valence-corrected chi connectivity index (χ4v) is 1.43. The van der Waals surface area contributed by atoms with Crippen LogP contribution in [0.3, 0.4) is 0 Å². The molecule has 0 aliphatic carbocycles. The van der Waals surface area contributed by atoms with Crippen molar-refractivity contribution in [2.24, 2.45) is 0 Å². The van der Waals surface area contributed by atoms with Crippen molar-refractivity contribution in [3.63, 3.8) is 0 Å². The molecule has 0 atom stereocenters. The summed E-state index contributed by atoms with van der Waals surface area (Å²) in [5, 5.41) is 13.0. The zero-order valence-corrected chi connectivity index (χ0v) is 9.01. The largest absolute Gasteiger partial charge is 0.478 e. The Morgan fingerprint density at radius 3 is 2.75 bits per heavy atom. The third-order valence-electron chi connectivity index (χ3n) is 2.27. The number of aromatic nitrogens is 3. The smallest absolute Gasteiger partial charge is 0.339 e. The van der Waals surface area contributed by atoms with Crippen molar-refractivity contribution in [2.45, 2.75) is 13.8 Å². The monoisotopic (exact) mass is 217 g/mol. The maximum absolute atomic E-state index is 10.9. The lowest BCUT2D eigenvalue weighted by atomic mass is 10.3. The van der Waals surface area contributed by atoms with Crippen LogP contribution in [0.25, 0.3) is 5.82 Å². The minimum absolute atomic E-state index is 0.198. The molecule has 2 heterocycles. The van der Waals surface area contributed by atoms with Crippen LogP contribution in [0.4, 0.5) is 0 Å². The third-order valence-corrected chi connectivity index (χ3v) is 2.27. The van der Waals surface area contributed by atoms with Gasteiger partial charge in [0.2, 0.25) is 0 Å². The van der Waals surface area contributed by atoms with Crippen molar-refractivity contribution in [1.82, 2.24) is 14.8 Å². The molecular formula is C11H11N3O2. The highest BCUT2D eigenvalue weighted by Crippen LogP contribution is 2.10. The highest BCUT2D eigenvalue weighted by Gasteiger charge is 2.12. The molecule has 16 heavy (non-hydrogen) atoms. The predicted molar refractivity (Wildman–Crippen MR) is 57.8 cm³/mol. The molecule has 82 valence electrons. The molecule has 0 spiro atoms. The molecule has 0 saturated carbocycles. The molecule has 2 aromatic rings. The Kier molecular flexibility index (Phi) is 2.44. The topological polar surface area (TPSA) is 68.0 Å². The molecule has 0 radical (unpaired) electrons. The average Bonchev–Trinajstić information content (AvgIpc) is 2.60. The van der Waals surface area contributed by atoms with E-state index in [1.165, 1.54) is 10.9 Å². The summed E-state index contributed by atoms with van der Waals surface area (Å²) in [6.45, 7) is 3.61. The fraction of sp³-hybridized carbons (Fsp3) is 0.182. The maximum Gasteiger partial charge on any atom is 0.339 e. The van der Waals surface area contributed by atoms with Gasteiger partial charge in [0.25, 0.3) is 0 Å². The minimum atomic E-state index is -0.976. The van der Waals surface area contributed by atoms with E-state index in [4.69, 9.17) is 5.11 Å². The van der Waals surface area contributed by atoms with Crippen LogP contribution in [-0.2, 0) is 0 Å². The van der Waals surface area contributed by atoms with E-state index in [1.54, 1.807) is 13.1 Å². The van der Waals surface area contributed by atoms with E-state index in [2.05, 4.69) is 10.1 Å². The van der Waals surface area contributed by atoms with Crippen molar-refractivity contribution in [1.29, 1.82) is 0 Å². The molecule has 1 N–H and O–H groups in total. The lowest BCUT2D eigenvalue weighted by Gasteiger charge is -1.99. The molecule has 2 rings (SSSR count). The summed E-state index contributed by atoms with van der Waals surface area (Å²) in [4.78, 5) is 15.0. The highest BCUT2D eigenvalue weighted by molar-refractivity contribution is 5.88. The molecule has 0 aliphatic heterocycles. The summed E-state index contributed by atoms with van der Waals surface area (Å²) < 4.78 is 1.48. The van der Waals surface area contributed by atoms with Crippen LogP contribution in [0.15, 0.2) is 24.5 Å². The number of hydrogen-bond donors (Lipinski definition) is 1. The quantitative estimate of drug-likeness (QED) is 0.829. The van der Waals surface area contributed by atoms with Gasteiger partial charge in [0.1, 0.15) is 5.56 Å². The Morgan fingerprint density at radius 2 is 2.19 bits per heavy atom.